The van der Waals surface area contributed by atoms with Crippen LogP contribution in [0.25, 0.3) is 5.82 Å². The molecule has 12 heteroatoms. The third kappa shape index (κ3) is 5.60. The maximum Gasteiger partial charge on any atom is 0.417 e. The Bertz CT molecular complexity index is 1040. The molecule has 3 N–H and O–H groups in total. The number of aryl methyl sites for hydroxylation is 1. The van der Waals surface area contributed by atoms with Gasteiger partial charge in [0.2, 0.25) is 0 Å². The number of hydrogen-bond acceptors (Lipinski definition) is 5. The van der Waals surface area contributed by atoms with Gasteiger partial charge in [0.15, 0.2) is 5.82 Å². The van der Waals surface area contributed by atoms with Crippen molar-refractivity contribution < 1.29 is 18.0 Å². The molecule has 0 aliphatic heterocycles. The summed E-state index contributed by atoms with van der Waals surface area (Å²) in [6, 6.07) is 6.03. The number of nitrogens with zero attached hydrogens (tertiary/aromatic N) is 4. The van der Waals surface area contributed by atoms with Crippen LogP contribution in [0.1, 0.15) is 11.3 Å². The van der Waals surface area contributed by atoms with E-state index in [-0.39, 0.29) is 12.2 Å². The molecule has 2 amide bonds. The summed E-state index contributed by atoms with van der Waals surface area (Å²) < 4.78 is 40.2. The Morgan fingerprint density at radius 2 is 1.97 bits per heavy atom. The van der Waals surface area contributed by atoms with Gasteiger partial charge in [-0.3, -0.25) is 0 Å². The maximum absolute atomic E-state index is 12.9. The molecule has 3 aromatic rings. The van der Waals surface area contributed by atoms with Gasteiger partial charge in [0.05, 0.1) is 16.3 Å². The van der Waals surface area contributed by atoms with Crippen LogP contribution in [0, 0.1) is 6.92 Å². The van der Waals surface area contributed by atoms with E-state index in [0.29, 0.717) is 18.2 Å². The first kappa shape index (κ1) is 21.4. The molecule has 0 aliphatic carbocycles. The third-order valence-electron chi connectivity index (χ3n) is 3.86. The zero-order valence-corrected chi connectivity index (χ0v) is 16.4. The summed E-state index contributed by atoms with van der Waals surface area (Å²) in [4.78, 5) is 20.1. The zero-order valence-electron chi connectivity index (χ0n) is 15.7. The SMILES string of the molecule is Cc1ccn(-c2cc(NCCNC(=O)Nc3ccc(Cl)c(C(F)(F)F)c3)ncn2)n1. The van der Waals surface area contributed by atoms with E-state index in [0.717, 1.165) is 17.8 Å². The van der Waals surface area contributed by atoms with Crippen LogP contribution in [0.3, 0.4) is 0 Å². The minimum atomic E-state index is -4.61. The Hall–Kier alpha value is -3.34. The minimum Gasteiger partial charge on any atom is -0.368 e. The van der Waals surface area contributed by atoms with E-state index in [1.54, 1.807) is 16.9 Å². The number of hydrogen-bond donors (Lipinski definition) is 3. The fraction of sp³-hybridized carbons (Fsp3) is 0.222. The molecule has 3 rings (SSSR count). The highest BCUT2D eigenvalue weighted by Crippen LogP contribution is 2.36. The smallest absolute Gasteiger partial charge is 0.368 e. The first-order valence-electron chi connectivity index (χ1n) is 8.72. The van der Waals surface area contributed by atoms with E-state index < -0.39 is 22.8 Å². The van der Waals surface area contributed by atoms with Gasteiger partial charge in [-0.2, -0.15) is 18.3 Å². The van der Waals surface area contributed by atoms with Gasteiger partial charge < -0.3 is 16.0 Å². The van der Waals surface area contributed by atoms with Gasteiger partial charge >= 0.3 is 12.2 Å². The lowest BCUT2D eigenvalue weighted by molar-refractivity contribution is -0.137. The Morgan fingerprint density at radius 1 is 1.17 bits per heavy atom. The van der Waals surface area contributed by atoms with Crippen molar-refractivity contribution in [3.8, 4) is 5.82 Å². The lowest BCUT2D eigenvalue weighted by Gasteiger charge is -2.12. The van der Waals surface area contributed by atoms with Crippen LogP contribution in [0.5, 0.6) is 0 Å². The highest BCUT2D eigenvalue weighted by Gasteiger charge is 2.33. The monoisotopic (exact) mass is 439 g/mol. The molecule has 0 saturated heterocycles. The van der Waals surface area contributed by atoms with Crippen molar-refractivity contribution in [2.24, 2.45) is 0 Å². The molecule has 158 valence electrons. The molecule has 0 spiro atoms. The molecule has 0 radical (unpaired) electrons. The van der Waals surface area contributed by atoms with Crippen molar-refractivity contribution in [2.75, 3.05) is 23.7 Å². The second-order valence-corrected chi connectivity index (χ2v) is 6.57. The minimum absolute atomic E-state index is 0.0212. The van der Waals surface area contributed by atoms with Crippen LogP contribution in [0.15, 0.2) is 42.9 Å². The van der Waals surface area contributed by atoms with E-state index in [2.05, 4.69) is 31.0 Å². The Kier molecular flexibility index (Phi) is 6.40. The summed E-state index contributed by atoms with van der Waals surface area (Å²) in [5, 5.41) is 11.7. The van der Waals surface area contributed by atoms with Crippen LogP contribution >= 0.6 is 11.6 Å². The molecular weight excluding hydrogens is 423 g/mol. The van der Waals surface area contributed by atoms with Crippen molar-refractivity contribution in [1.82, 2.24) is 25.1 Å². The number of carbonyl (C=O) groups excluding carboxylic acids is 1. The van der Waals surface area contributed by atoms with Gasteiger partial charge in [-0.05, 0) is 31.2 Å². The molecule has 30 heavy (non-hydrogen) atoms. The molecule has 0 fully saturated rings. The molecule has 1 aromatic carbocycles. The van der Waals surface area contributed by atoms with Gasteiger partial charge in [0, 0.05) is 31.0 Å². The normalized spacial score (nSPS) is 11.2. The van der Waals surface area contributed by atoms with Gasteiger partial charge in [0.25, 0.3) is 0 Å². The lowest BCUT2D eigenvalue weighted by atomic mass is 10.2. The van der Waals surface area contributed by atoms with Crippen molar-refractivity contribution >= 4 is 29.1 Å². The number of carbonyl (C=O) groups is 1. The topological polar surface area (TPSA) is 96.8 Å². The number of alkyl halides is 3. The van der Waals surface area contributed by atoms with Gasteiger partial charge in [-0.25, -0.2) is 19.4 Å². The average molecular weight is 440 g/mol. The molecular formula is C18H17ClF3N7O. The van der Waals surface area contributed by atoms with Gasteiger partial charge in [-0.15, -0.1) is 0 Å². The number of aromatic nitrogens is 4. The molecule has 0 aliphatic rings. The fourth-order valence-electron chi connectivity index (χ4n) is 2.47. The second kappa shape index (κ2) is 8.99. The maximum atomic E-state index is 12.9. The molecule has 0 unspecified atom stereocenters. The van der Waals surface area contributed by atoms with E-state index in [4.69, 9.17) is 11.6 Å². The van der Waals surface area contributed by atoms with Gasteiger partial charge in [0.1, 0.15) is 12.1 Å². The number of amides is 2. The van der Waals surface area contributed by atoms with Gasteiger partial charge in [-0.1, -0.05) is 11.6 Å². The summed E-state index contributed by atoms with van der Waals surface area (Å²) in [6.07, 6.45) is -1.46. The molecule has 8 nitrogen and oxygen atoms in total. The Balaban J connectivity index is 1.49. The van der Waals surface area contributed by atoms with Crippen molar-refractivity contribution in [2.45, 2.75) is 13.1 Å². The number of halogens is 4. The summed E-state index contributed by atoms with van der Waals surface area (Å²) >= 11 is 5.56. The van der Waals surface area contributed by atoms with E-state index in [1.165, 1.54) is 12.4 Å². The van der Waals surface area contributed by atoms with Crippen LogP contribution < -0.4 is 16.0 Å². The first-order valence-corrected chi connectivity index (χ1v) is 9.10. The zero-order chi connectivity index (χ0) is 21.7. The number of rotatable bonds is 6. The van der Waals surface area contributed by atoms with Crippen molar-refractivity contribution in [3.63, 3.8) is 0 Å². The molecule has 2 heterocycles. The number of nitrogens with one attached hydrogen (secondary N) is 3. The van der Waals surface area contributed by atoms with Crippen LogP contribution in [-0.2, 0) is 6.18 Å². The highest BCUT2D eigenvalue weighted by molar-refractivity contribution is 6.31. The van der Waals surface area contributed by atoms with E-state index in [9.17, 15) is 18.0 Å². The van der Waals surface area contributed by atoms with Crippen LogP contribution in [0.4, 0.5) is 29.5 Å². The molecule has 0 saturated carbocycles. The predicted molar refractivity (Wildman–Crippen MR) is 106 cm³/mol. The average Bonchev–Trinajstić information content (AvgIpc) is 3.13. The first-order chi connectivity index (χ1) is 14.2. The number of anilines is 2. The summed E-state index contributed by atoms with van der Waals surface area (Å²) in [5.74, 6) is 1.11. The fourth-order valence-corrected chi connectivity index (χ4v) is 2.70. The van der Waals surface area contributed by atoms with E-state index >= 15 is 0 Å². The molecule has 0 atom stereocenters. The predicted octanol–water partition coefficient (Wildman–Crippen LogP) is 3.88. The van der Waals surface area contributed by atoms with Crippen molar-refractivity contribution in [3.05, 3.63) is 59.1 Å². The largest absolute Gasteiger partial charge is 0.417 e. The Morgan fingerprint density at radius 3 is 2.67 bits per heavy atom. The van der Waals surface area contributed by atoms with E-state index in [1.807, 2.05) is 13.0 Å². The molecule has 0 bridgehead atoms. The standard InChI is InChI=1S/C18H17ClF3N7O/c1-11-4-7-29(28-11)16-9-15(25-10-26-16)23-5-6-24-17(30)27-12-2-3-14(19)13(8-12)18(20,21)22/h2-4,7-10H,5-6H2,1H3,(H,23,25,26)(H2,24,27,30). The van der Waals surface area contributed by atoms with Crippen LogP contribution in [0.2, 0.25) is 5.02 Å². The number of urea groups is 1. The summed E-state index contributed by atoms with van der Waals surface area (Å²) in [6.45, 7) is 2.39. The molecule has 2 aromatic heterocycles. The number of benzene rings is 1. The summed E-state index contributed by atoms with van der Waals surface area (Å²) in [7, 11) is 0. The van der Waals surface area contributed by atoms with Crippen molar-refractivity contribution in [1.29, 1.82) is 0 Å². The Labute approximate surface area is 174 Å². The van der Waals surface area contributed by atoms with Crippen LogP contribution in [-0.4, -0.2) is 38.9 Å². The summed E-state index contributed by atoms with van der Waals surface area (Å²) in [5.41, 5.74) is -0.191. The second-order valence-electron chi connectivity index (χ2n) is 6.16. The quantitative estimate of drug-likeness (QED) is 0.506. The third-order valence-corrected chi connectivity index (χ3v) is 4.19. The lowest BCUT2D eigenvalue weighted by Crippen LogP contribution is -2.32. The highest BCUT2D eigenvalue weighted by atomic mass is 35.5.